The molecule has 2 nitrogen and oxygen atoms in total. The summed E-state index contributed by atoms with van der Waals surface area (Å²) in [5, 5.41) is 0. The fourth-order valence-corrected chi connectivity index (χ4v) is 1.93. The van der Waals surface area contributed by atoms with Gasteiger partial charge in [-0.15, -0.1) is 0 Å². The zero-order chi connectivity index (χ0) is 12.8. The Bertz CT molecular complexity index is 504. The zero-order valence-corrected chi connectivity index (χ0v) is 11.3. The smallest absolute Gasteiger partial charge is 0.137 e. The van der Waals surface area contributed by atoms with Crippen molar-refractivity contribution >= 4 is 15.9 Å². The highest BCUT2D eigenvalue weighted by Crippen LogP contribution is 2.20. The number of benzene rings is 2. The van der Waals surface area contributed by atoms with Gasteiger partial charge < -0.3 is 0 Å². The maximum atomic E-state index is 13.2. The minimum absolute atomic E-state index is 0.266. The summed E-state index contributed by atoms with van der Waals surface area (Å²) in [6.07, 6.45) is 0. The molecule has 2 rings (SSSR count). The summed E-state index contributed by atoms with van der Waals surface area (Å²) in [5.74, 6) is -0.266. The molecule has 0 spiro atoms. The van der Waals surface area contributed by atoms with Crippen LogP contribution in [0.4, 0.5) is 4.39 Å². The quantitative estimate of drug-likeness (QED) is 0.670. The van der Waals surface area contributed by atoms with Gasteiger partial charge in [-0.3, -0.25) is 4.84 Å². The molecule has 0 fully saturated rings. The van der Waals surface area contributed by atoms with E-state index in [2.05, 4.69) is 21.4 Å². The molecular formula is C14H13BrFNO. The Kier molecular flexibility index (Phi) is 4.87. The van der Waals surface area contributed by atoms with E-state index in [1.54, 1.807) is 6.07 Å². The molecule has 0 bridgehead atoms. The van der Waals surface area contributed by atoms with E-state index in [0.717, 1.165) is 11.1 Å². The lowest BCUT2D eigenvalue weighted by molar-refractivity contribution is 0.0233. The van der Waals surface area contributed by atoms with Crippen LogP contribution in [0.15, 0.2) is 53.0 Å². The topological polar surface area (TPSA) is 21.3 Å². The Morgan fingerprint density at radius 1 is 1.06 bits per heavy atom. The van der Waals surface area contributed by atoms with E-state index < -0.39 is 0 Å². The Hall–Kier alpha value is -1.23. The molecule has 0 radical (unpaired) electrons. The average Bonchev–Trinajstić information content (AvgIpc) is 2.40. The van der Waals surface area contributed by atoms with Crippen LogP contribution in [0, 0.1) is 5.82 Å². The van der Waals surface area contributed by atoms with E-state index in [9.17, 15) is 4.39 Å². The second-order valence-electron chi connectivity index (χ2n) is 3.81. The molecule has 0 aliphatic carbocycles. The number of rotatable bonds is 5. The van der Waals surface area contributed by atoms with Crippen molar-refractivity contribution in [2.45, 2.75) is 13.2 Å². The molecule has 2 aromatic rings. The zero-order valence-electron chi connectivity index (χ0n) is 9.70. The Balaban J connectivity index is 1.81. The van der Waals surface area contributed by atoms with Gasteiger partial charge in [0.15, 0.2) is 0 Å². The van der Waals surface area contributed by atoms with Gasteiger partial charge in [0.05, 0.1) is 11.1 Å². The van der Waals surface area contributed by atoms with E-state index in [-0.39, 0.29) is 5.82 Å². The highest BCUT2D eigenvalue weighted by Gasteiger charge is 2.04. The molecule has 0 unspecified atom stereocenters. The fourth-order valence-electron chi connectivity index (χ4n) is 1.52. The Morgan fingerprint density at radius 3 is 2.61 bits per heavy atom. The summed E-state index contributed by atoms with van der Waals surface area (Å²) in [7, 11) is 0. The van der Waals surface area contributed by atoms with Crippen molar-refractivity contribution in [3.05, 3.63) is 69.9 Å². The summed E-state index contributed by atoms with van der Waals surface area (Å²) in [6, 6.07) is 14.8. The second kappa shape index (κ2) is 6.64. The predicted molar refractivity (Wildman–Crippen MR) is 72.2 cm³/mol. The van der Waals surface area contributed by atoms with Crippen LogP contribution >= 0.6 is 15.9 Å². The summed E-state index contributed by atoms with van der Waals surface area (Å²) in [4.78, 5) is 5.33. The largest absolute Gasteiger partial charge is 0.297 e. The molecular weight excluding hydrogens is 297 g/mol. The molecule has 18 heavy (non-hydrogen) atoms. The minimum atomic E-state index is -0.266. The molecule has 4 heteroatoms. The summed E-state index contributed by atoms with van der Waals surface area (Å²) in [6.45, 7) is 0.930. The number of halogens is 2. The van der Waals surface area contributed by atoms with Crippen molar-refractivity contribution < 1.29 is 9.23 Å². The van der Waals surface area contributed by atoms with Crippen LogP contribution in [-0.4, -0.2) is 0 Å². The van der Waals surface area contributed by atoms with Crippen LogP contribution in [0.5, 0.6) is 0 Å². The van der Waals surface area contributed by atoms with Crippen molar-refractivity contribution in [1.29, 1.82) is 0 Å². The Labute approximate surface area is 114 Å². The van der Waals surface area contributed by atoms with Gasteiger partial charge in [0.25, 0.3) is 0 Å². The molecule has 0 aromatic heterocycles. The van der Waals surface area contributed by atoms with E-state index in [1.165, 1.54) is 6.07 Å². The van der Waals surface area contributed by atoms with Crippen molar-refractivity contribution in [3.63, 3.8) is 0 Å². The number of hydrogen-bond donors (Lipinski definition) is 1. The summed E-state index contributed by atoms with van der Waals surface area (Å²) >= 11 is 3.21. The van der Waals surface area contributed by atoms with Gasteiger partial charge >= 0.3 is 0 Å². The SMILES string of the molecule is Fc1cccc(CNOCc2ccccc2)c1Br. The summed E-state index contributed by atoms with van der Waals surface area (Å²) < 4.78 is 13.7. The van der Waals surface area contributed by atoms with Gasteiger partial charge in [-0.1, -0.05) is 42.5 Å². The fraction of sp³-hybridized carbons (Fsp3) is 0.143. The molecule has 94 valence electrons. The van der Waals surface area contributed by atoms with Crippen LogP contribution in [0.3, 0.4) is 0 Å². The van der Waals surface area contributed by atoms with Crippen LogP contribution in [0.1, 0.15) is 11.1 Å². The first-order valence-electron chi connectivity index (χ1n) is 5.59. The highest BCUT2D eigenvalue weighted by atomic mass is 79.9. The highest BCUT2D eigenvalue weighted by molar-refractivity contribution is 9.10. The third kappa shape index (κ3) is 3.63. The lowest BCUT2D eigenvalue weighted by Gasteiger charge is -2.08. The first-order chi connectivity index (χ1) is 8.77. The molecule has 0 aliphatic rings. The Morgan fingerprint density at radius 2 is 1.83 bits per heavy atom. The predicted octanol–water partition coefficient (Wildman–Crippen LogP) is 3.81. The molecule has 0 saturated heterocycles. The second-order valence-corrected chi connectivity index (χ2v) is 4.60. The van der Waals surface area contributed by atoms with Crippen LogP contribution in [-0.2, 0) is 18.0 Å². The van der Waals surface area contributed by atoms with Gasteiger partial charge in [-0.2, -0.15) is 5.48 Å². The first-order valence-corrected chi connectivity index (χ1v) is 6.38. The van der Waals surface area contributed by atoms with E-state index in [1.807, 2.05) is 36.4 Å². The summed E-state index contributed by atoms with van der Waals surface area (Å²) in [5.41, 5.74) is 4.73. The molecule has 0 heterocycles. The van der Waals surface area contributed by atoms with E-state index in [0.29, 0.717) is 17.6 Å². The van der Waals surface area contributed by atoms with Crippen LogP contribution < -0.4 is 5.48 Å². The van der Waals surface area contributed by atoms with Crippen molar-refractivity contribution in [3.8, 4) is 0 Å². The van der Waals surface area contributed by atoms with E-state index in [4.69, 9.17) is 4.84 Å². The standard InChI is InChI=1S/C14H13BrFNO/c15-14-12(7-4-8-13(14)16)9-17-18-10-11-5-2-1-3-6-11/h1-8,17H,9-10H2. The number of nitrogens with one attached hydrogen (secondary N) is 1. The molecule has 0 atom stereocenters. The van der Waals surface area contributed by atoms with Crippen molar-refractivity contribution in [2.24, 2.45) is 0 Å². The third-order valence-electron chi connectivity index (χ3n) is 2.48. The number of hydrogen-bond acceptors (Lipinski definition) is 2. The van der Waals surface area contributed by atoms with Crippen LogP contribution in [0.2, 0.25) is 0 Å². The van der Waals surface area contributed by atoms with Gasteiger partial charge in [0, 0.05) is 6.54 Å². The molecule has 1 N–H and O–H groups in total. The van der Waals surface area contributed by atoms with Crippen LogP contribution in [0.25, 0.3) is 0 Å². The van der Waals surface area contributed by atoms with Gasteiger partial charge in [-0.05, 0) is 33.1 Å². The monoisotopic (exact) mass is 309 g/mol. The minimum Gasteiger partial charge on any atom is -0.297 e. The van der Waals surface area contributed by atoms with E-state index >= 15 is 0 Å². The third-order valence-corrected chi connectivity index (χ3v) is 3.37. The maximum Gasteiger partial charge on any atom is 0.137 e. The molecule has 0 saturated carbocycles. The normalized spacial score (nSPS) is 10.6. The average molecular weight is 310 g/mol. The first kappa shape index (κ1) is 13.2. The molecule has 2 aromatic carbocycles. The van der Waals surface area contributed by atoms with Gasteiger partial charge in [0.2, 0.25) is 0 Å². The van der Waals surface area contributed by atoms with Gasteiger partial charge in [0.1, 0.15) is 5.82 Å². The van der Waals surface area contributed by atoms with Gasteiger partial charge in [-0.25, -0.2) is 4.39 Å². The lowest BCUT2D eigenvalue weighted by atomic mass is 10.2. The van der Waals surface area contributed by atoms with Crippen molar-refractivity contribution in [1.82, 2.24) is 5.48 Å². The number of hydroxylamine groups is 1. The lowest BCUT2D eigenvalue weighted by Crippen LogP contribution is -2.14. The van der Waals surface area contributed by atoms with Crippen molar-refractivity contribution in [2.75, 3.05) is 0 Å². The molecule has 0 amide bonds. The molecule has 0 aliphatic heterocycles. The maximum absolute atomic E-state index is 13.2.